The van der Waals surface area contributed by atoms with E-state index in [-0.39, 0.29) is 18.1 Å². The van der Waals surface area contributed by atoms with Crippen molar-refractivity contribution in [3.63, 3.8) is 0 Å². The number of likely N-dealkylation sites (tertiary alicyclic amines) is 1. The van der Waals surface area contributed by atoms with Crippen molar-refractivity contribution >= 4 is 5.91 Å². The van der Waals surface area contributed by atoms with E-state index in [1.807, 2.05) is 18.7 Å². The monoisotopic (exact) mass is 334 g/mol. The average Bonchev–Trinajstić information content (AvgIpc) is 2.95. The second-order valence-corrected chi connectivity index (χ2v) is 7.25. The molecule has 2 saturated heterocycles. The molecular formula is C17H26N4O3. The zero-order valence-electron chi connectivity index (χ0n) is 14.5. The fourth-order valence-electron chi connectivity index (χ4n) is 4.00. The topological polar surface area (TPSA) is 70.7 Å². The zero-order chi connectivity index (χ0) is 16.7. The summed E-state index contributed by atoms with van der Waals surface area (Å²) in [7, 11) is 0. The number of fused-ring (bicyclic) bond motifs is 1. The summed E-state index contributed by atoms with van der Waals surface area (Å²) in [6, 6.07) is 0. The quantitative estimate of drug-likeness (QED) is 0.887. The minimum absolute atomic E-state index is 0.0248. The van der Waals surface area contributed by atoms with Crippen molar-refractivity contribution < 1.29 is 14.3 Å². The van der Waals surface area contributed by atoms with Crippen molar-refractivity contribution in [3.05, 3.63) is 17.0 Å². The van der Waals surface area contributed by atoms with Crippen LogP contribution in [0.2, 0.25) is 0 Å². The van der Waals surface area contributed by atoms with Gasteiger partial charge in [0.1, 0.15) is 0 Å². The van der Waals surface area contributed by atoms with Crippen LogP contribution in [0.1, 0.15) is 41.7 Å². The Hall–Kier alpha value is -1.44. The highest BCUT2D eigenvalue weighted by Gasteiger charge is 2.36. The third-order valence-corrected chi connectivity index (χ3v) is 5.30. The molecule has 0 spiro atoms. The molecule has 2 atom stereocenters. The molecule has 4 heterocycles. The standard InChI is InChI=1S/C17H26N4O3/c1-11-7-14-15(12(2)24-11)18-19-16(14)17(22)21-9-13(10-21)8-20-3-5-23-6-4-20/h11-13H,3-10H2,1-2H3,(H,18,19)/t11-,12+/m1/s1. The van der Waals surface area contributed by atoms with E-state index in [0.29, 0.717) is 11.6 Å². The number of H-pyrrole nitrogens is 1. The SMILES string of the molecule is C[C@@H]1Cc2c(C(=O)N3CC(CN4CCOCC4)C3)n[nH]c2[C@H](C)O1. The normalized spacial score (nSPS) is 28.5. The van der Waals surface area contributed by atoms with Gasteiger partial charge < -0.3 is 14.4 Å². The summed E-state index contributed by atoms with van der Waals surface area (Å²) in [5.41, 5.74) is 2.60. The molecule has 1 N–H and O–H groups in total. The maximum atomic E-state index is 12.8. The zero-order valence-corrected chi connectivity index (χ0v) is 14.5. The Morgan fingerprint density at radius 3 is 2.79 bits per heavy atom. The fourth-order valence-corrected chi connectivity index (χ4v) is 4.00. The molecule has 0 radical (unpaired) electrons. The Kier molecular flexibility index (Phi) is 4.32. The van der Waals surface area contributed by atoms with Crippen LogP contribution in [0, 0.1) is 5.92 Å². The highest BCUT2D eigenvalue weighted by molar-refractivity contribution is 5.94. The molecule has 0 aliphatic carbocycles. The number of hydrogen-bond acceptors (Lipinski definition) is 5. The predicted octanol–water partition coefficient (Wildman–Crippen LogP) is 0.836. The number of aromatic nitrogens is 2. The summed E-state index contributed by atoms with van der Waals surface area (Å²) in [5.74, 6) is 0.634. The third kappa shape index (κ3) is 2.96. The molecule has 3 aliphatic rings. The molecular weight excluding hydrogens is 308 g/mol. The maximum absolute atomic E-state index is 12.8. The molecule has 132 valence electrons. The maximum Gasteiger partial charge on any atom is 0.274 e. The number of carbonyl (C=O) groups is 1. The van der Waals surface area contributed by atoms with E-state index in [9.17, 15) is 4.79 Å². The summed E-state index contributed by atoms with van der Waals surface area (Å²) >= 11 is 0. The number of nitrogens with zero attached hydrogens (tertiary/aromatic N) is 3. The van der Waals surface area contributed by atoms with Gasteiger partial charge in [-0.1, -0.05) is 0 Å². The van der Waals surface area contributed by atoms with Crippen LogP contribution in [-0.2, 0) is 15.9 Å². The first-order valence-corrected chi connectivity index (χ1v) is 8.93. The van der Waals surface area contributed by atoms with Gasteiger partial charge in [0.15, 0.2) is 5.69 Å². The van der Waals surface area contributed by atoms with Crippen LogP contribution in [0.4, 0.5) is 0 Å². The molecule has 7 nitrogen and oxygen atoms in total. The van der Waals surface area contributed by atoms with E-state index in [2.05, 4.69) is 15.1 Å². The molecule has 1 aromatic heterocycles. The van der Waals surface area contributed by atoms with Gasteiger partial charge in [0, 0.05) is 50.6 Å². The Bertz CT molecular complexity index is 605. The molecule has 3 aliphatic heterocycles. The van der Waals surface area contributed by atoms with E-state index in [4.69, 9.17) is 9.47 Å². The molecule has 24 heavy (non-hydrogen) atoms. The minimum Gasteiger partial charge on any atom is -0.379 e. The van der Waals surface area contributed by atoms with Gasteiger partial charge in [-0.2, -0.15) is 5.10 Å². The average molecular weight is 334 g/mol. The Balaban J connectivity index is 1.36. The highest BCUT2D eigenvalue weighted by atomic mass is 16.5. The van der Waals surface area contributed by atoms with Crippen LogP contribution in [0.5, 0.6) is 0 Å². The first-order chi connectivity index (χ1) is 11.6. The number of hydrogen-bond donors (Lipinski definition) is 1. The summed E-state index contributed by atoms with van der Waals surface area (Å²) in [6.07, 6.45) is 0.854. The van der Waals surface area contributed by atoms with E-state index in [1.165, 1.54) is 0 Å². The summed E-state index contributed by atoms with van der Waals surface area (Å²) in [4.78, 5) is 17.1. The van der Waals surface area contributed by atoms with Crippen molar-refractivity contribution in [2.24, 2.45) is 5.92 Å². The number of morpholine rings is 1. The van der Waals surface area contributed by atoms with E-state index in [1.54, 1.807) is 0 Å². The first-order valence-electron chi connectivity index (χ1n) is 8.93. The lowest BCUT2D eigenvalue weighted by atomic mass is 9.96. The second-order valence-electron chi connectivity index (χ2n) is 7.25. The van der Waals surface area contributed by atoms with Crippen molar-refractivity contribution in [2.45, 2.75) is 32.5 Å². The van der Waals surface area contributed by atoms with E-state index >= 15 is 0 Å². The first kappa shape index (κ1) is 16.1. The minimum atomic E-state index is -0.0248. The third-order valence-electron chi connectivity index (χ3n) is 5.30. The number of rotatable bonds is 3. The van der Waals surface area contributed by atoms with Gasteiger partial charge in [0.2, 0.25) is 0 Å². The van der Waals surface area contributed by atoms with Crippen molar-refractivity contribution in [1.29, 1.82) is 0 Å². The van der Waals surface area contributed by atoms with Gasteiger partial charge in [-0.3, -0.25) is 14.8 Å². The lowest BCUT2D eigenvalue weighted by Gasteiger charge is -2.42. The van der Waals surface area contributed by atoms with Gasteiger partial charge in [-0.25, -0.2) is 0 Å². The Morgan fingerprint density at radius 1 is 1.29 bits per heavy atom. The molecule has 4 rings (SSSR count). The van der Waals surface area contributed by atoms with Crippen molar-refractivity contribution in [3.8, 4) is 0 Å². The van der Waals surface area contributed by atoms with E-state index in [0.717, 1.165) is 63.6 Å². The van der Waals surface area contributed by atoms with Crippen LogP contribution in [-0.4, -0.2) is 77.9 Å². The fraction of sp³-hybridized carbons (Fsp3) is 0.765. The number of ether oxygens (including phenoxy) is 2. The molecule has 7 heteroatoms. The molecule has 0 bridgehead atoms. The van der Waals surface area contributed by atoms with Crippen LogP contribution < -0.4 is 0 Å². The van der Waals surface area contributed by atoms with Crippen LogP contribution in [0.3, 0.4) is 0 Å². The molecule has 0 saturated carbocycles. The van der Waals surface area contributed by atoms with Crippen LogP contribution >= 0.6 is 0 Å². The van der Waals surface area contributed by atoms with Gasteiger partial charge >= 0.3 is 0 Å². The number of amides is 1. The molecule has 1 aromatic rings. The molecule has 1 amide bonds. The van der Waals surface area contributed by atoms with Gasteiger partial charge in [0.25, 0.3) is 5.91 Å². The molecule has 0 aromatic carbocycles. The highest BCUT2D eigenvalue weighted by Crippen LogP contribution is 2.31. The van der Waals surface area contributed by atoms with Gasteiger partial charge in [-0.15, -0.1) is 0 Å². The van der Waals surface area contributed by atoms with Crippen LogP contribution in [0.15, 0.2) is 0 Å². The predicted molar refractivity (Wildman–Crippen MR) is 87.9 cm³/mol. The Morgan fingerprint density at radius 2 is 2.04 bits per heavy atom. The second kappa shape index (κ2) is 6.46. The number of nitrogens with one attached hydrogen (secondary N) is 1. The smallest absolute Gasteiger partial charge is 0.274 e. The Labute approximate surface area is 142 Å². The van der Waals surface area contributed by atoms with Crippen molar-refractivity contribution in [2.75, 3.05) is 45.9 Å². The number of aromatic amines is 1. The van der Waals surface area contributed by atoms with Gasteiger partial charge in [-0.05, 0) is 13.8 Å². The molecule has 2 fully saturated rings. The lowest BCUT2D eigenvalue weighted by molar-refractivity contribution is -0.00727. The molecule has 0 unspecified atom stereocenters. The van der Waals surface area contributed by atoms with Crippen LogP contribution in [0.25, 0.3) is 0 Å². The van der Waals surface area contributed by atoms with E-state index < -0.39 is 0 Å². The lowest BCUT2D eigenvalue weighted by Crippen LogP contribution is -2.55. The summed E-state index contributed by atoms with van der Waals surface area (Å²) < 4.78 is 11.2. The largest absolute Gasteiger partial charge is 0.379 e. The van der Waals surface area contributed by atoms with Crippen molar-refractivity contribution in [1.82, 2.24) is 20.0 Å². The van der Waals surface area contributed by atoms with Gasteiger partial charge in [0.05, 0.1) is 31.1 Å². The number of carbonyl (C=O) groups excluding carboxylic acids is 1. The summed E-state index contributed by atoms with van der Waals surface area (Å²) in [5, 5.41) is 7.32. The summed E-state index contributed by atoms with van der Waals surface area (Å²) in [6.45, 7) is 10.4.